The number of nitrogens with zero attached hydrogens (tertiary/aromatic N) is 3. The standard InChI is InChI=1S/C31H30F3N3O5/c1-18(2)13-15-36-22-11-6-5-10-21(22)30-14-12-23(38)37(17-19-8-7-9-20(16-19)31(32,33)34)29(30)35-25(28(40)42-4)24(26(30)36)27(39)41-3/h5-11,13,16,26H,12,14-15,17H2,1-4H3/t26-,30-/m0/s1. The zero-order chi connectivity index (χ0) is 30.4. The number of methoxy groups -OCH3 is 2. The molecule has 2 aromatic rings. The minimum Gasteiger partial charge on any atom is -0.466 e. The monoisotopic (exact) mass is 581 g/mol. The first-order chi connectivity index (χ1) is 19.9. The molecule has 3 aliphatic heterocycles. The number of ether oxygens (including phenoxy) is 2. The summed E-state index contributed by atoms with van der Waals surface area (Å²) in [6.45, 7) is 4.04. The Balaban J connectivity index is 1.77. The summed E-state index contributed by atoms with van der Waals surface area (Å²) in [7, 11) is 2.37. The second-order valence-electron chi connectivity index (χ2n) is 10.7. The van der Waals surface area contributed by atoms with Crippen molar-refractivity contribution in [3.63, 3.8) is 0 Å². The third-order valence-electron chi connectivity index (χ3n) is 7.98. The number of anilines is 1. The van der Waals surface area contributed by atoms with E-state index in [4.69, 9.17) is 9.47 Å². The molecule has 1 fully saturated rings. The van der Waals surface area contributed by atoms with Crippen molar-refractivity contribution in [2.24, 2.45) is 4.99 Å². The fourth-order valence-electron chi connectivity index (χ4n) is 6.18. The molecule has 2 atom stereocenters. The summed E-state index contributed by atoms with van der Waals surface area (Å²) >= 11 is 0. The Labute approximate surface area is 241 Å². The number of rotatable bonds is 6. The number of aliphatic imine (C=N–C) groups is 1. The minimum atomic E-state index is -4.57. The molecular formula is C31H30F3N3O5. The van der Waals surface area contributed by atoms with E-state index in [-0.39, 0.29) is 48.0 Å². The third kappa shape index (κ3) is 4.66. The molecule has 3 heterocycles. The molecule has 11 heteroatoms. The number of amides is 1. The molecule has 1 spiro atoms. The summed E-state index contributed by atoms with van der Waals surface area (Å²) in [5.74, 6) is -1.84. The lowest BCUT2D eigenvalue weighted by Gasteiger charge is -2.48. The van der Waals surface area contributed by atoms with Crippen LogP contribution in [0.4, 0.5) is 18.9 Å². The molecule has 2 aromatic carbocycles. The average Bonchev–Trinajstić information content (AvgIpc) is 3.25. The van der Waals surface area contributed by atoms with Crippen molar-refractivity contribution in [3.8, 4) is 0 Å². The highest BCUT2D eigenvalue weighted by Crippen LogP contribution is 2.56. The second kappa shape index (κ2) is 10.8. The van der Waals surface area contributed by atoms with Gasteiger partial charge < -0.3 is 14.4 Å². The Kier molecular flexibility index (Phi) is 7.46. The molecule has 0 N–H and O–H groups in total. The van der Waals surface area contributed by atoms with Gasteiger partial charge in [0, 0.05) is 18.7 Å². The molecule has 0 radical (unpaired) electrons. The molecule has 220 valence electrons. The van der Waals surface area contributed by atoms with Gasteiger partial charge in [-0.1, -0.05) is 42.0 Å². The van der Waals surface area contributed by atoms with Crippen LogP contribution in [0, 0.1) is 0 Å². The number of para-hydroxylation sites is 1. The Hall–Kier alpha value is -4.41. The fraction of sp³-hybridized carbons (Fsp3) is 0.355. The van der Waals surface area contributed by atoms with Crippen LogP contribution in [0.5, 0.6) is 0 Å². The zero-order valence-electron chi connectivity index (χ0n) is 23.6. The molecule has 0 bridgehead atoms. The Morgan fingerprint density at radius 2 is 1.79 bits per heavy atom. The van der Waals surface area contributed by atoms with E-state index in [1.54, 1.807) is 0 Å². The summed E-state index contributed by atoms with van der Waals surface area (Å²) < 4.78 is 50.7. The molecular weight excluding hydrogens is 551 g/mol. The molecule has 42 heavy (non-hydrogen) atoms. The van der Waals surface area contributed by atoms with Gasteiger partial charge in [-0.25, -0.2) is 14.6 Å². The molecule has 0 saturated carbocycles. The maximum Gasteiger partial charge on any atom is 0.416 e. The summed E-state index contributed by atoms with van der Waals surface area (Å²) in [5.41, 5.74) is 0.618. The molecule has 5 rings (SSSR count). The third-order valence-corrected chi connectivity index (χ3v) is 7.98. The molecule has 1 amide bonds. The van der Waals surface area contributed by atoms with Gasteiger partial charge in [0.15, 0.2) is 5.70 Å². The van der Waals surface area contributed by atoms with Crippen LogP contribution in [0.25, 0.3) is 0 Å². The first-order valence-corrected chi connectivity index (χ1v) is 13.4. The number of hydrogen-bond acceptors (Lipinski definition) is 7. The highest BCUT2D eigenvalue weighted by molar-refractivity contribution is 6.15. The van der Waals surface area contributed by atoms with Crippen LogP contribution in [-0.2, 0) is 42.0 Å². The van der Waals surface area contributed by atoms with E-state index in [0.29, 0.717) is 6.54 Å². The number of carbonyl (C=O) groups excluding carboxylic acids is 3. The van der Waals surface area contributed by atoms with Crippen LogP contribution in [-0.4, -0.2) is 55.4 Å². The summed E-state index contributed by atoms with van der Waals surface area (Å²) in [6.07, 6.45) is -2.28. The number of halogens is 3. The maximum atomic E-state index is 13.5. The van der Waals surface area contributed by atoms with Crippen LogP contribution < -0.4 is 4.90 Å². The first kappa shape index (κ1) is 29.1. The molecule has 0 aliphatic carbocycles. The number of alkyl halides is 3. The van der Waals surface area contributed by atoms with Crippen molar-refractivity contribution in [2.75, 3.05) is 25.7 Å². The highest BCUT2D eigenvalue weighted by atomic mass is 19.4. The normalized spacial score (nSPS) is 21.3. The smallest absolute Gasteiger partial charge is 0.416 e. The van der Waals surface area contributed by atoms with Gasteiger partial charge >= 0.3 is 18.1 Å². The summed E-state index contributed by atoms with van der Waals surface area (Å²) in [6, 6.07) is 11.4. The fourth-order valence-corrected chi connectivity index (χ4v) is 6.18. The SMILES string of the molecule is COC(=O)C1=C(C(=O)OC)[C@@H]2N(CC=C(C)C)c3ccccc3[C@@]23CCC(=O)N(Cc2cccc(C(F)(F)F)c2)C3=N1. The number of amidine groups is 1. The van der Waals surface area contributed by atoms with Crippen molar-refractivity contribution in [1.82, 2.24) is 4.90 Å². The van der Waals surface area contributed by atoms with Gasteiger partial charge in [0.1, 0.15) is 5.84 Å². The van der Waals surface area contributed by atoms with Gasteiger partial charge in [-0.3, -0.25) is 9.69 Å². The first-order valence-electron chi connectivity index (χ1n) is 13.4. The van der Waals surface area contributed by atoms with Crippen molar-refractivity contribution < 1.29 is 37.0 Å². The number of likely N-dealkylation sites (tertiary alicyclic amines) is 1. The Bertz CT molecular complexity index is 1560. The lowest BCUT2D eigenvalue weighted by molar-refractivity contribution is -0.140. The number of allylic oxidation sites excluding steroid dienone is 1. The van der Waals surface area contributed by atoms with E-state index in [2.05, 4.69) is 4.99 Å². The van der Waals surface area contributed by atoms with Crippen LogP contribution in [0.1, 0.15) is 43.4 Å². The van der Waals surface area contributed by atoms with Gasteiger partial charge in [-0.2, -0.15) is 13.2 Å². The second-order valence-corrected chi connectivity index (χ2v) is 10.7. The number of fused-ring (bicyclic) bond motifs is 1. The summed E-state index contributed by atoms with van der Waals surface area (Å²) in [4.78, 5) is 48.1. The number of hydrogen-bond donors (Lipinski definition) is 0. The zero-order valence-corrected chi connectivity index (χ0v) is 23.6. The number of piperidine rings is 1. The predicted octanol–water partition coefficient (Wildman–Crippen LogP) is 4.93. The average molecular weight is 582 g/mol. The molecule has 0 unspecified atom stereocenters. The van der Waals surface area contributed by atoms with Gasteiger partial charge in [-0.05, 0) is 49.6 Å². The molecule has 3 aliphatic rings. The lowest BCUT2D eigenvalue weighted by atomic mass is 9.65. The topological polar surface area (TPSA) is 88.5 Å². The van der Waals surface area contributed by atoms with E-state index >= 15 is 0 Å². The quantitative estimate of drug-likeness (QED) is 0.355. The van der Waals surface area contributed by atoms with Gasteiger partial charge in [-0.15, -0.1) is 0 Å². The molecule has 1 saturated heterocycles. The molecule has 0 aromatic heterocycles. The Morgan fingerprint density at radius 1 is 1.07 bits per heavy atom. The predicted molar refractivity (Wildman–Crippen MR) is 148 cm³/mol. The van der Waals surface area contributed by atoms with Crippen LogP contribution in [0.15, 0.2) is 76.4 Å². The van der Waals surface area contributed by atoms with Crippen molar-refractivity contribution in [1.29, 1.82) is 0 Å². The highest BCUT2D eigenvalue weighted by Gasteiger charge is 2.63. The van der Waals surface area contributed by atoms with Gasteiger partial charge in [0.05, 0.1) is 43.4 Å². The number of esters is 2. The maximum absolute atomic E-state index is 13.5. The van der Waals surface area contributed by atoms with E-state index in [0.717, 1.165) is 36.1 Å². The van der Waals surface area contributed by atoms with E-state index < -0.39 is 35.1 Å². The van der Waals surface area contributed by atoms with Crippen molar-refractivity contribution in [2.45, 2.75) is 50.9 Å². The van der Waals surface area contributed by atoms with E-state index in [1.807, 2.05) is 49.1 Å². The summed E-state index contributed by atoms with van der Waals surface area (Å²) in [5, 5.41) is 0. The van der Waals surface area contributed by atoms with Crippen molar-refractivity contribution >= 4 is 29.4 Å². The van der Waals surface area contributed by atoms with E-state index in [1.165, 1.54) is 24.1 Å². The van der Waals surface area contributed by atoms with Crippen molar-refractivity contribution in [3.05, 3.63) is 88.1 Å². The van der Waals surface area contributed by atoms with Gasteiger partial charge in [0.25, 0.3) is 0 Å². The molecule has 8 nitrogen and oxygen atoms in total. The van der Waals surface area contributed by atoms with E-state index in [9.17, 15) is 27.6 Å². The van der Waals surface area contributed by atoms with Crippen LogP contribution in [0.3, 0.4) is 0 Å². The number of carbonyl (C=O) groups is 3. The largest absolute Gasteiger partial charge is 0.466 e. The number of benzene rings is 2. The van der Waals surface area contributed by atoms with Crippen LogP contribution >= 0.6 is 0 Å². The lowest BCUT2D eigenvalue weighted by Crippen LogP contribution is -2.63. The van der Waals surface area contributed by atoms with Crippen LogP contribution in [0.2, 0.25) is 0 Å². The Morgan fingerprint density at radius 3 is 2.45 bits per heavy atom. The van der Waals surface area contributed by atoms with Gasteiger partial charge in [0.2, 0.25) is 5.91 Å². The minimum absolute atomic E-state index is 0.000163.